The number of benzene rings is 1. The largest absolute Gasteiger partial charge is 0.349 e. The predicted octanol–water partition coefficient (Wildman–Crippen LogP) is 4.13. The average Bonchev–Trinajstić information content (AvgIpc) is 2.83. The molecule has 140 valence electrons. The van der Waals surface area contributed by atoms with E-state index in [1.54, 1.807) is 0 Å². The van der Waals surface area contributed by atoms with E-state index >= 15 is 0 Å². The second-order valence-electron chi connectivity index (χ2n) is 8.97. The molecule has 1 fully saturated rings. The van der Waals surface area contributed by atoms with Crippen molar-refractivity contribution < 1.29 is 4.79 Å². The van der Waals surface area contributed by atoms with Crippen LogP contribution in [0.15, 0.2) is 36.4 Å². The van der Waals surface area contributed by atoms with Crippen LogP contribution in [-0.2, 0) is 0 Å². The molecular formula is C22H31N3O. The molecule has 1 aromatic heterocycles. The molecule has 0 aliphatic carbocycles. The maximum atomic E-state index is 12.7. The van der Waals surface area contributed by atoms with E-state index in [1.165, 1.54) is 11.4 Å². The number of piperidine rings is 1. The summed E-state index contributed by atoms with van der Waals surface area (Å²) in [6.45, 7) is 13.0. The van der Waals surface area contributed by atoms with Crippen LogP contribution in [0.4, 0.5) is 0 Å². The SMILES string of the molecule is Cc1ccc(C)n1-c1ccc(C(=O)NC2CC(C)(C)NC(C)(C)C2)cc1. The van der Waals surface area contributed by atoms with Crippen LogP contribution >= 0.6 is 0 Å². The van der Waals surface area contributed by atoms with E-state index < -0.39 is 0 Å². The van der Waals surface area contributed by atoms with Gasteiger partial charge in [-0.15, -0.1) is 0 Å². The van der Waals surface area contributed by atoms with E-state index in [4.69, 9.17) is 0 Å². The molecule has 2 N–H and O–H groups in total. The van der Waals surface area contributed by atoms with Crippen molar-refractivity contribution in [2.45, 2.75) is 71.5 Å². The van der Waals surface area contributed by atoms with Crippen LogP contribution in [0.2, 0.25) is 0 Å². The van der Waals surface area contributed by atoms with Crippen molar-refractivity contribution in [1.29, 1.82) is 0 Å². The highest BCUT2D eigenvalue weighted by atomic mass is 16.1. The van der Waals surface area contributed by atoms with Gasteiger partial charge in [0.1, 0.15) is 0 Å². The van der Waals surface area contributed by atoms with E-state index in [0.717, 1.165) is 18.5 Å². The van der Waals surface area contributed by atoms with Gasteiger partial charge in [-0.2, -0.15) is 0 Å². The molecule has 26 heavy (non-hydrogen) atoms. The van der Waals surface area contributed by atoms with Crippen LogP contribution in [0.1, 0.15) is 62.3 Å². The van der Waals surface area contributed by atoms with Crippen LogP contribution in [0.25, 0.3) is 5.69 Å². The first-order valence-electron chi connectivity index (χ1n) is 9.42. The molecule has 0 radical (unpaired) electrons. The highest BCUT2D eigenvalue weighted by Crippen LogP contribution is 2.28. The summed E-state index contributed by atoms with van der Waals surface area (Å²) < 4.78 is 2.19. The third-order valence-electron chi connectivity index (χ3n) is 5.18. The van der Waals surface area contributed by atoms with Gasteiger partial charge < -0.3 is 15.2 Å². The minimum Gasteiger partial charge on any atom is -0.349 e. The van der Waals surface area contributed by atoms with Gasteiger partial charge in [0.15, 0.2) is 0 Å². The molecule has 1 aliphatic rings. The first-order chi connectivity index (χ1) is 12.1. The fourth-order valence-corrected chi connectivity index (χ4v) is 4.53. The Labute approximate surface area is 157 Å². The van der Waals surface area contributed by atoms with Crippen molar-refractivity contribution in [3.8, 4) is 5.69 Å². The van der Waals surface area contributed by atoms with E-state index in [2.05, 4.69) is 68.9 Å². The zero-order valence-corrected chi connectivity index (χ0v) is 16.8. The molecule has 2 aromatic rings. The molecule has 1 saturated heterocycles. The summed E-state index contributed by atoms with van der Waals surface area (Å²) >= 11 is 0. The number of nitrogens with one attached hydrogen (secondary N) is 2. The maximum Gasteiger partial charge on any atom is 0.251 e. The van der Waals surface area contributed by atoms with E-state index in [-0.39, 0.29) is 23.0 Å². The van der Waals surface area contributed by atoms with Crippen molar-refractivity contribution >= 4 is 5.91 Å². The monoisotopic (exact) mass is 353 g/mol. The Morgan fingerprint density at radius 2 is 1.46 bits per heavy atom. The number of hydrogen-bond acceptors (Lipinski definition) is 2. The Hall–Kier alpha value is -2.07. The van der Waals surface area contributed by atoms with E-state index in [1.807, 2.05) is 24.3 Å². The van der Waals surface area contributed by atoms with Crippen LogP contribution in [-0.4, -0.2) is 27.6 Å². The summed E-state index contributed by atoms with van der Waals surface area (Å²) in [5.41, 5.74) is 4.23. The van der Waals surface area contributed by atoms with Gasteiger partial charge in [-0.05, 0) is 90.8 Å². The summed E-state index contributed by atoms with van der Waals surface area (Å²) in [7, 11) is 0. The molecule has 1 aromatic carbocycles. The quantitative estimate of drug-likeness (QED) is 0.871. The van der Waals surface area contributed by atoms with Gasteiger partial charge in [0.2, 0.25) is 0 Å². The van der Waals surface area contributed by atoms with E-state index in [0.29, 0.717) is 5.56 Å². The molecule has 0 unspecified atom stereocenters. The summed E-state index contributed by atoms with van der Waals surface area (Å²) in [4.78, 5) is 12.7. The van der Waals surface area contributed by atoms with E-state index in [9.17, 15) is 4.79 Å². The lowest BCUT2D eigenvalue weighted by Crippen LogP contribution is -2.62. The third kappa shape index (κ3) is 4.01. The normalized spacial score (nSPS) is 19.3. The van der Waals surface area contributed by atoms with Crippen molar-refractivity contribution in [2.24, 2.45) is 0 Å². The molecule has 1 amide bonds. The van der Waals surface area contributed by atoms with Gasteiger partial charge >= 0.3 is 0 Å². The minimum atomic E-state index is 0.0102. The number of rotatable bonds is 3. The number of amides is 1. The maximum absolute atomic E-state index is 12.7. The van der Waals surface area contributed by atoms with Crippen molar-refractivity contribution in [3.63, 3.8) is 0 Å². The zero-order valence-electron chi connectivity index (χ0n) is 16.8. The second kappa shape index (κ2) is 6.58. The minimum absolute atomic E-state index is 0.0102. The number of aryl methyl sites for hydroxylation is 2. The first-order valence-corrected chi connectivity index (χ1v) is 9.42. The fourth-order valence-electron chi connectivity index (χ4n) is 4.53. The lowest BCUT2D eigenvalue weighted by Gasteiger charge is -2.46. The third-order valence-corrected chi connectivity index (χ3v) is 5.18. The molecule has 0 saturated carbocycles. The molecule has 3 rings (SSSR count). The van der Waals surface area contributed by atoms with Gasteiger partial charge in [0.25, 0.3) is 5.91 Å². The van der Waals surface area contributed by atoms with Gasteiger partial charge in [0.05, 0.1) is 0 Å². The Morgan fingerprint density at radius 3 is 1.96 bits per heavy atom. The van der Waals surface area contributed by atoms with Crippen molar-refractivity contribution in [3.05, 3.63) is 53.3 Å². The van der Waals surface area contributed by atoms with Crippen molar-refractivity contribution in [2.75, 3.05) is 0 Å². The molecule has 0 spiro atoms. The predicted molar refractivity (Wildman–Crippen MR) is 107 cm³/mol. The summed E-state index contributed by atoms with van der Waals surface area (Å²) in [6.07, 6.45) is 1.87. The highest BCUT2D eigenvalue weighted by Gasteiger charge is 2.38. The van der Waals surface area contributed by atoms with Crippen LogP contribution in [0, 0.1) is 13.8 Å². The molecule has 1 aliphatic heterocycles. The number of carbonyl (C=O) groups is 1. The average molecular weight is 354 g/mol. The molecule has 4 heteroatoms. The Morgan fingerprint density at radius 1 is 0.962 bits per heavy atom. The highest BCUT2D eigenvalue weighted by molar-refractivity contribution is 5.94. The standard InChI is InChI=1S/C22H31N3O/c1-15-7-8-16(2)25(15)19-11-9-17(10-12-19)20(26)23-18-13-21(3,4)24-22(5,6)14-18/h7-12,18,24H,13-14H2,1-6H3,(H,23,26). The van der Waals surface area contributed by atoms with Crippen molar-refractivity contribution in [1.82, 2.24) is 15.2 Å². The number of carbonyl (C=O) groups excluding carboxylic acids is 1. The van der Waals surface area contributed by atoms with Crippen LogP contribution in [0.3, 0.4) is 0 Å². The fraction of sp³-hybridized carbons (Fsp3) is 0.500. The Balaban J connectivity index is 1.73. The summed E-state index contributed by atoms with van der Waals surface area (Å²) in [5, 5.41) is 6.89. The van der Waals surface area contributed by atoms with Gasteiger partial charge in [-0.1, -0.05) is 0 Å². The lowest BCUT2D eigenvalue weighted by atomic mass is 9.79. The molecule has 2 heterocycles. The zero-order chi connectivity index (χ0) is 19.1. The lowest BCUT2D eigenvalue weighted by molar-refractivity contribution is 0.0873. The van der Waals surface area contributed by atoms with Gasteiger partial charge in [0, 0.05) is 39.8 Å². The number of aromatic nitrogens is 1. The summed E-state index contributed by atoms with van der Waals surface area (Å²) in [6, 6.07) is 12.3. The topological polar surface area (TPSA) is 46.1 Å². The molecule has 0 bridgehead atoms. The molecular weight excluding hydrogens is 322 g/mol. The number of hydrogen-bond donors (Lipinski definition) is 2. The van der Waals surface area contributed by atoms with Gasteiger partial charge in [-0.25, -0.2) is 0 Å². The Bertz CT molecular complexity index is 764. The smallest absolute Gasteiger partial charge is 0.251 e. The first kappa shape index (κ1) is 18.7. The van der Waals surface area contributed by atoms with Crippen LogP contribution in [0.5, 0.6) is 0 Å². The molecule has 4 nitrogen and oxygen atoms in total. The summed E-state index contributed by atoms with van der Waals surface area (Å²) in [5.74, 6) is 0.0102. The number of nitrogens with zero attached hydrogens (tertiary/aromatic N) is 1. The molecule has 0 atom stereocenters. The van der Waals surface area contributed by atoms with Gasteiger partial charge in [-0.3, -0.25) is 4.79 Å². The second-order valence-corrected chi connectivity index (χ2v) is 8.97. The Kier molecular flexibility index (Phi) is 4.74. The van der Waals surface area contributed by atoms with Crippen LogP contribution < -0.4 is 10.6 Å².